The number of benzene rings is 1. The third-order valence-corrected chi connectivity index (χ3v) is 2.50. The number of hydrogen-bond acceptors (Lipinski definition) is 4. The van der Waals surface area contributed by atoms with Crippen molar-refractivity contribution in [3.05, 3.63) is 28.8 Å². The van der Waals surface area contributed by atoms with Crippen molar-refractivity contribution in [3.8, 4) is 0 Å². The second kappa shape index (κ2) is 5.54. The van der Waals surface area contributed by atoms with Gasteiger partial charge < -0.3 is 15.8 Å². The van der Waals surface area contributed by atoms with Crippen LogP contribution in [0.2, 0.25) is 5.02 Å². The lowest BCUT2D eigenvalue weighted by atomic mass is 10.2. The summed E-state index contributed by atoms with van der Waals surface area (Å²) in [6.07, 6.45) is 0. The molecule has 6 heteroatoms. The second-order valence-electron chi connectivity index (χ2n) is 3.45. The Morgan fingerprint density at radius 2 is 2.12 bits per heavy atom. The van der Waals surface area contributed by atoms with Crippen molar-refractivity contribution in [2.75, 3.05) is 12.8 Å². The van der Waals surface area contributed by atoms with E-state index in [9.17, 15) is 9.59 Å². The van der Waals surface area contributed by atoms with Crippen LogP contribution >= 0.6 is 11.6 Å². The highest BCUT2D eigenvalue weighted by Crippen LogP contribution is 2.19. The average molecular weight is 257 g/mol. The molecule has 1 atom stereocenters. The van der Waals surface area contributed by atoms with Gasteiger partial charge in [-0.15, -0.1) is 0 Å². The van der Waals surface area contributed by atoms with Crippen molar-refractivity contribution in [1.82, 2.24) is 5.32 Å². The molecule has 92 valence electrons. The summed E-state index contributed by atoms with van der Waals surface area (Å²) in [5.41, 5.74) is 6.22. The van der Waals surface area contributed by atoms with E-state index in [1.54, 1.807) is 0 Å². The van der Waals surface area contributed by atoms with E-state index in [1.165, 1.54) is 32.2 Å². The Balaban J connectivity index is 2.76. The molecule has 0 bridgehead atoms. The molecule has 1 amide bonds. The van der Waals surface area contributed by atoms with Crippen molar-refractivity contribution in [2.24, 2.45) is 0 Å². The molecular weight excluding hydrogens is 244 g/mol. The predicted molar refractivity (Wildman–Crippen MR) is 64.8 cm³/mol. The molecule has 0 saturated heterocycles. The Kier molecular flexibility index (Phi) is 4.34. The zero-order valence-corrected chi connectivity index (χ0v) is 10.2. The summed E-state index contributed by atoms with van der Waals surface area (Å²) < 4.78 is 4.49. The number of ether oxygens (including phenoxy) is 1. The maximum atomic E-state index is 11.7. The minimum Gasteiger partial charge on any atom is -0.467 e. The van der Waals surface area contributed by atoms with Crippen molar-refractivity contribution >= 4 is 29.2 Å². The molecule has 1 rings (SSSR count). The predicted octanol–water partition coefficient (Wildman–Crippen LogP) is 1.21. The Hall–Kier alpha value is -1.75. The van der Waals surface area contributed by atoms with Gasteiger partial charge in [0.25, 0.3) is 5.91 Å². The summed E-state index contributed by atoms with van der Waals surface area (Å²) in [6.45, 7) is 1.53. The van der Waals surface area contributed by atoms with Crippen LogP contribution in [0, 0.1) is 0 Å². The molecule has 3 N–H and O–H groups in total. The number of methoxy groups -OCH3 is 1. The van der Waals surface area contributed by atoms with E-state index < -0.39 is 17.9 Å². The smallest absolute Gasteiger partial charge is 0.328 e. The van der Waals surface area contributed by atoms with E-state index >= 15 is 0 Å². The number of rotatable bonds is 3. The minimum absolute atomic E-state index is 0.310. The first-order chi connectivity index (χ1) is 7.95. The number of hydrogen-bond donors (Lipinski definition) is 2. The van der Waals surface area contributed by atoms with E-state index in [-0.39, 0.29) is 0 Å². The van der Waals surface area contributed by atoms with Crippen LogP contribution in [0.4, 0.5) is 5.69 Å². The van der Waals surface area contributed by atoms with E-state index in [1.807, 2.05) is 0 Å². The van der Waals surface area contributed by atoms with Crippen molar-refractivity contribution in [1.29, 1.82) is 0 Å². The first-order valence-electron chi connectivity index (χ1n) is 4.89. The van der Waals surface area contributed by atoms with E-state index in [4.69, 9.17) is 17.3 Å². The largest absolute Gasteiger partial charge is 0.467 e. The summed E-state index contributed by atoms with van der Waals surface area (Å²) >= 11 is 5.73. The van der Waals surface area contributed by atoms with Gasteiger partial charge in [-0.2, -0.15) is 0 Å². The highest BCUT2D eigenvalue weighted by atomic mass is 35.5. The van der Waals surface area contributed by atoms with Crippen LogP contribution in [0.15, 0.2) is 18.2 Å². The van der Waals surface area contributed by atoms with Gasteiger partial charge in [0.05, 0.1) is 17.8 Å². The first-order valence-corrected chi connectivity index (χ1v) is 5.27. The Labute approximate surface area is 104 Å². The van der Waals surface area contributed by atoms with Crippen LogP contribution in [0.1, 0.15) is 17.3 Å². The molecule has 0 heterocycles. The van der Waals surface area contributed by atoms with Crippen LogP contribution < -0.4 is 11.1 Å². The lowest BCUT2D eigenvalue weighted by Gasteiger charge is -2.11. The summed E-state index contributed by atoms with van der Waals surface area (Å²) in [7, 11) is 1.26. The van der Waals surface area contributed by atoms with Gasteiger partial charge in [0.2, 0.25) is 0 Å². The second-order valence-corrected chi connectivity index (χ2v) is 3.86. The molecular formula is C11H13ClN2O3. The Bertz CT molecular complexity index is 448. The lowest BCUT2D eigenvalue weighted by molar-refractivity contribution is -0.142. The molecule has 0 aliphatic carbocycles. The monoisotopic (exact) mass is 256 g/mol. The van der Waals surface area contributed by atoms with Crippen LogP contribution in [0.5, 0.6) is 0 Å². The molecule has 0 unspecified atom stereocenters. The normalized spacial score (nSPS) is 11.7. The highest BCUT2D eigenvalue weighted by Gasteiger charge is 2.17. The molecule has 1 aromatic carbocycles. The average Bonchev–Trinajstić information content (AvgIpc) is 2.31. The van der Waals surface area contributed by atoms with E-state index in [0.717, 1.165) is 0 Å². The van der Waals surface area contributed by atoms with Crippen molar-refractivity contribution in [2.45, 2.75) is 13.0 Å². The van der Waals surface area contributed by atoms with Crippen LogP contribution in [0.3, 0.4) is 0 Å². The fourth-order valence-corrected chi connectivity index (χ4v) is 1.32. The molecule has 1 aromatic rings. The summed E-state index contributed by atoms with van der Waals surface area (Å²) in [4.78, 5) is 22.8. The SMILES string of the molecule is COC(=O)[C@H](C)NC(=O)c1ccc(Cl)c(N)c1. The molecule has 0 saturated carbocycles. The molecule has 0 aliphatic rings. The van der Waals surface area contributed by atoms with Crippen LogP contribution in [-0.2, 0) is 9.53 Å². The van der Waals surface area contributed by atoms with E-state index in [2.05, 4.69) is 10.1 Å². The third-order valence-electron chi connectivity index (χ3n) is 2.16. The van der Waals surface area contributed by atoms with Gasteiger partial charge in [-0.05, 0) is 25.1 Å². The van der Waals surface area contributed by atoms with Crippen molar-refractivity contribution < 1.29 is 14.3 Å². The number of anilines is 1. The van der Waals surface area contributed by atoms with Gasteiger partial charge in [-0.3, -0.25) is 4.79 Å². The molecule has 0 fully saturated rings. The van der Waals surface area contributed by atoms with E-state index in [0.29, 0.717) is 16.3 Å². The van der Waals surface area contributed by atoms with Crippen LogP contribution in [-0.4, -0.2) is 25.0 Å². The highest BCUT2D eigenvalue weighted by molar-refractivity contribution is 6.33. The number of nitrogens with two attached hydrogens (primary N) is 1. The number of carbonyl (C=O) groups excluding carboxylic acids is 2. The Morgan fingerprint density at radius 3 is 2.65 bits per heavy atom. The fourth-order valence-electron chi connectivity index (χ4n) is 1.20. The number of carbonyl (C=O) groups is 2. The van der Waals surface area contributed by atoms with Gasteiger partial charge in [-0.25, -0.2) is 4.79 Å². The molecule has 0 aromatic heterocycles. The fraction of sp³-hybridized carbons (Fsp3) is 0.273. The molecule has 0 radical (unpaired) electrons. The molecule has 0 aliphatic heterocycles. The van der Waals surface area contributed by atoms with Gasteiger partial charge >= 0.3 is 5.97 Å². The molecule has 17 heavy (non-hydrogen) atoms. The quantitative estimate of drug-likeness (QED) is 0.629. The lowest BCUT2D eigenvalue weighted by Crippen LogP contribution is -2.39. The number of amides is 1. The number of esters is 1. The van der Waals surface area contributed by atoms with Gasteiger partial charge in [-0.1, -0.05) is 11.6 Å². The summed E-state index contributed by atoms with van der Waals surface area (Å²) in [5.74, 6) is -0.924. The number of halogens is 1. The number of nitrogen functional groups attached to an aromatic ring is 1. The van der Waals surface area contributed by atoms with Crippen LogP contribution in [0.25, 0.3) is 0 Å². The minimum atomic E-state index is -0.718. The Morgan fingerprint density at radius 1 is 1.47 bits per heavy atom. The maximum Gasteiger partial charge on any atom is 0.328 e. The standard InChI is InChI=1S/C11H13ClN2O3/c1-6(11(16)17-2)14-10(15)7-3-4-8(12)9(13)5-7/h3-6H,13H2,1-2H3,(H,14,15)/t6-/m0/s1. The van der Waals surface area contributed by atoms with Gasteiger partial charge in [0.1, 0.15) is 6.04 Å². The zero-order chi connectivity index (χ0) is 13.0. The summed E-state index contributed by atoms with van der Waals surface area (Å²) in [6, 6.07) is 3.78. The summed E-state index contributed by atoms with van der Waals surface area (Å²) in [5, 5.41) is 2.86. The third kappa shape index (κ3) is 3.35. The van der Waals surface area contributed by atoms with Crippen molar-refractivity contribution in [3.63, 3.8) is 0 Å². The van der Waals surface area contributed by atoms with Gasteiger partial charge in [0, 0.05) is 5.56 Å². The maximum absolute atomic E-state index is 11.7. The molecule has 5 nitrogen and oxygen atoms in total. The first kappa shape index (κ1) is 13.3. The zero-order valence-electron chi connectivity index (χ0n) is 9.49. The van der Waals surface area contributed by atoms with Gasteiger partial charge in [0.15, 0.2) is 0 Å². The topological polar surface area (TPSA) is 81.4 Å². The number of nitrogens with one attached hydrogen (secondary N) is 1. The molecule has 0 spiro atoms.